The van der Waals surface area contributed by atoms with Gasteiger partial charge in [-0.25, -0.2) is 4.79 Å². The van der Waals surface area contributed by atoms with Crippen LogP contribution in [0.1, 0.15) is 130 Å². The number of nitrogens with zero attached hydrogens (tertiary/aromatic N) is 1. The van der Waals surface area contributed by atoms with Crippen LogP contribution in [-0.4, -0.2) is 43.0 Å². The summed E-state index contributed by atoms with van der Waals surface area (Å²) in [6, 6.07) is -0.0573. The van der Waals surface area contributed by atoms with Gasteiger partial charge in [0.05, 0.1) is 0 Å². The zero-order valence-electron chi connectivity index (χ0n) is 21.1. The number of carbonyl (C=O) groups is 2. The molecule has 0 aliphatic rings. The molecule has 0 saturated heterocycles. The summed E-state index contributed by atoms with van der Waals surface area (Å²) in [5, 5.41) is 5.87. The predicted molar refractivity (Wildman–Crippen MR) is 133 cm³/mol. The molecule has 184 valence electrons. The molecule has 0 aromatic heterocycles. The standard InChI is InChI=1S/C26H53N3O2/c1-4-7-8-9-10-11-12-13-14-15-16-17-20-23-27-26(31)28-24-21-18-19-22-25(30)29(5-2)6-3/h4-24H2,1-3H3,(H2,27,28,31). The molecule has 0 heterocycles. The Kier molecular flexibility index (Phi) is 22.5. The number of hydrogen-bond donors (Lipinski definition) is 2. The average Bonchev–Trinajstić information content (AvgIpc) is 2.77. The average molecular weight is 440 g/mol. The molecule has 0 atom stereocenters. The van der Waals surface area contributed by atoms with Crippen molar-refractivity contribution in [2.24, 2.45) is 0 Å². The van der Waals surface area contributed by atoms with Crippen molar-refractivity contribution >= 4 is 11.9 Å². The van der Waals surface area contributed by atoms with E-state index in [1.165, 1.54) is 77.0 Å². The van der Waals surface area contributed by atoms with Gasteiger partial charge in [0.1, 0.15) is 0 Å². The van der Waals surface area contributed by atoms with E-state index in [0.717, 1.165) is 45.3 Å². The van der Waals surface area contributed by atoms with Gasteiger partial charge in [-0.1, -0.05) is 90.4 Å². The second kappa shape index (κ2) is 23.4. The van der Waals surface area contributed by atoms with E-state index in [9.17, 15) is 9.59 Å². The molecule has 5 heteroatoms. The lowest BCUT2D eigenvalue weighted by atomic mass is 10.0. The van der Waals surface area contributed by atoms with Crippen LogP contribution in [0.5, 0.6) is 0 Å². The Morgan fingerprint density at radius 3 is 1.35 bits per heavy atom. The van der Waals surface area contributed by atoms with Crippen molar-refractivity contribution in [3.05, 3.63) is 0 Å². The van der Waals surface area contributed by atoms with Gasteiger partial charge in [0.15, 0.2) is 0 Å². The van der Waals surface area contributed by atoms with E-state index < -0.39 is 0 Å². The highest BCUT2D eigenvalue weighted by atomic mass is 16.2. The zero-order chi connectivity index (χ0) is 23.0. The van der Waals surface area contributed by atoms with E-state index in [0.29, 0.717) is 13.0 Å². The topological polar surface area (TPSA) is 61.4 Å². The van der Waals surface area contributed by atoms with E-state index in [1.54, 1.807) is 0 Å². The normalized spacial score (nSPS) is 10.8. The third-order valence-corrected chi connectivity index (χ3v) is 6.04. The lowest BCUT2D eigenvalue weighted by molar-refractivity contribution is -0.130. The van der Waals surface area contributed by atoms with Gasteiger partial charge in [0.2, 0.25) is 5.91 Å². The van der Waals surface area contributed by atoms with E-state index in [4.69, 9.17) is 0 Å². The largest absolute Gasteiger partial charge is 0.343 e. The lowest BCUT2D eigenvalue weighted by Gasteiger charge is -2.18. The summed E-state index contributed by atoms with van der Waals surface area (Å²) < 4.78 is 0. The van der Waals surface area contributed by atoms with Gasteiger partial charge < -0.3 is 15.5 Å². The Morgan fingerprint density at radius 2 is 0.935 bits per heavy atom. The van der Waals surface area contributed by atoms with Gasteiger partial charge in [0.25, 0.3) is 0 Å². The Labute approximate surface area is 193 Å². The van der Waals surface area contributed by atoms with Crippen LogP contribution in [0, 0.1) is 0 Å². The van der Waals surface area contributed by atoms with Crippen molar-refractivity contribution < 1.29 is 9.59 Å². The van der Waals surface area contributed by atoms with Crippen molar-refractivity contribution in [1.82, 2.24) is 15.5 Å². The molecule has 0 rings (SSSR count). The van der Waals surface area contributed by atoms with Crippen molar-refractivity contribution in [3.8, 4) is 0 Å². The molecule has 0 fully saturated rings. The summed E-state index contributed by atoms with van der Waals surface area (Å²) >= 11 is 0. The van der Waals surface area contributed by atoms with Crippen LogP contribution < -0.4 is 10.6 Å². The Morgan fingerprint density at radius 1 is 0.548 bits per heavy atom. The molecular formula is C26H53N3O2. The molecule has 2 N–H and O–H groups in total. The highest BCUT2D eigenvalue weighted by molar-refractivity contribution is 5.76. The molecule has 31 heavy (non-hydrogen) atoms. The first-order chi connectivity index (χ1) is 15.2. The molecule has 0 saturated carbocycles. The first-order valence-corrected chi connectivity index (χ1v) is 13.4. The van der Waals surface area contributed by atoms with Crippen molar-refractivity contribution in [3.63, 3.8) is 0 Å². The summed E-state index contributed by atoms with van der Waals surface area (Å²) in [6.07, 6.45) is 20.9. The lowest BCUT2D eigenvalue weighted by Crippen LogP contribution is -2.36. The van der Waals surface area contributed by atoms with Gasteiger partial charge in [-0.3, -0.25) is 4.79 Å². The highest BCUT2D eigenvalue weighted by Crippen LogP contribution is 2.12. The van der Waals surface area contributed by atoms with Crippen LogP contribution in [-0.2, 0) is 4.79 Å². The van der Waals surface area contributed by atoms with Gasteiger partial charge in [-0.15, -0.1) is 0 Å². The first kappa shape index (κ1) is 29.7. The molecule has 3 amide bonds. The maximum Gasteiger partial charge on any atom is 0.314 e. The molecule has 0 aromatic carbocycles. The number of unbranched alkanes of at least 4 members (excludes halogenated alkanes) is 14. The second-order valence-corrected chi connectivity index (χ2v) is 8.80. The molecular weight excluding hydrogens is 386 g/mol. The number of carbonyl (C=O) groups excluding carboxylic acids is 2. The molecule has 0 unspecified atom stereocenters. The Hall–Kier alpha value is -1.26. The first-order valence-electron chi connectivity index (χ1n) is 13.4. The van der Waals surface area contributed by atoms with E-state index in [-0.39, 0.29) is 11.9 Å². The number of amides is 3. The van der Waals surface area contributed by atoms with Gasteiger partial charge in [-0.05, 0) is 33.1 Å². The summed E-state index contributed by atoms with van der Waals surface area (Å²) in [6.45, 7) is 9.33. The fraction of sp³-hybridized carbons (Fsp3) is 0.923. The van der Waals surface area contributed by atoms with E-state index in [2.05, 4.69) is 17.6 Å². The van der Waals surface area contributed by atoms with Crippen molar-refractivity contribution in [2.75, 3.05) is 26.2 Å². The fourth-order valence-electron chi connectivity index (χ4n) is 3.92. The number of rotatable bonds is 22. The SMILES string of the molecule is CCCCCCCCCCCCCCCNC(=O)NCCCCCC(=O)N(CC)CC. The molecule has 5 nitrogen and oxygen atoms in total. The maximum absolute atomic E-state index is 11.9. The monoisotopic (exact) mass is 439 g/mol. The Balaban J connectivity index is 3.29. The third-order valence-electron chi connectivity index (χ3n) is 6.04. The van der Waals surface area contributed by atoms with E-state index >= 15 is 0 Å². The van der Waals surface area contributed by atoms with Crippen LogP contribution in [0.15, 0.2) is 0 Å². The molecule has 0 aromatic rings. The van der Waals surface area contributed by atoms with Crippen LogP contribution in [0.4, 0.5) is 4.79 Å². The molecule has 0 spiro atoms. The summed E-state index contributed by atoms with van der Waals surface area (Å²) in [5.41, 5.74) is 0. The second-order valence-electron chi connectivity index (χ2n) is 8.80. The van der Waals surface area contributed by atoms with Gasteiger partial charge in [-0.2, -0.15) is 0 Å². The minimum Gasteiger partial charge on any atom is -0.343 e. The molecule has 0 aliphatic carbocycles. The minimum atomic E-state index is -0.0573. The molecule has 0 radical (unpaired) electrons. The summed E-state index contributed by atoms with van der Waals surface area (Å²) in [7, 11) is 0. The maximum atomic E-state index is 11.9. The predicted octanol–water partition coefficient (Wildman–Crippen LogP) is 6.81. The van der Waals surface area contributed by atoms with Gasteiger partial charge >= 0.3 is 6.03 Å². The zero-order valence-corrected chi connectivity index (χ0v) is 21.1. The van der Waals surface area contributed by atoms with Gasteiger partial charge in [0, 0.05) is 32.6 Å². The molecule has 0 aliphatic heterocycles. The minimum absolute atomic E-state index is 0.0573. The van der Waals surface area contributed by atoms with Crippen molar-refractivity contribution in [2.45, 2.75) is 130 Å². The number of urea groups is 1. The fourth-order valence-corrected chi connectivity index (χ4v) is 3.92. The quantitative estimate of drug-likeness (QED) is 0.182. The smallest absolute Gasteiger partial charge is 0.314 e. The summed E-state index contributed by atoms with van der Waals surface area (Å²) in [4.78, 5) is 25.6. The van der Waals surface area contributed by atoms with Crippen LogP contribution in [0.25, 0.3) is 0 Å². The molecule has 0 bridgehead atoms. The van der Waals surface area contributed by atoms with Crippen LogP contribution in [0.2, 0.25) is 0 Å². The van der Waals surface area contributed by atoms with Crippen LogP contribution >= 0.6 is 0 Å². The Bertz CT molecular complexity index is 411. The van der Waals surface area contributed by atoms with E-state index in [1.807, 2.05) is 18.7 Å². The van der Waals surface area contributed by atoms with Crippen molar-refractivity contribution in [1.29, 1.82) is 0 Å². The van der Waals surface area contributed by atoms with Crippen LogP contribution in [0.3, 0.4) is 0 Å². The third kappa shape index (κ3) is 20.4. The number of hydrogen-bond acceptors (Lipinski definition) is 2. The highest BCUT2D eigenvalue weighted by Gasteiger charge is 2.08. The summed E-state index contributed by atoms with van der Waals surface area (Å²) in [5.74, 6) is 0.244. The number of nitrogens with one attached hydrogen (secondary N) is 2.